The van der Waals surface area contributed by atoms with Crippen LogP contribution in [-0.2, 0) is 0 Å². The number of likely N-dealkylation sites (tertiary alicyclic amines) is 1. The minimum atomic E-state index is -0.859. The second-order valence-electron chi connectivity index (χ2n) is 5.52. The predicted molar refractivity (Wildman–Crippen MR) is 74.3 cm³/mol. The minimum absolute atomic E-state index is 0.653. The Morgan fingerprint density at radius 3 is 2.17 bits per heavy atom. The van der Waals surface area contributed by atoms with E-state index in [2.05, 4.69) is 30.9 Å². The molecule has 1 unspecified atom stereocenters. The van der Waals surface area contributed by atoms with Crippen LogP contribution >= 0.6 is 0 Å². The Kier molecular flexibility index (Phi) is 4.38. The van der Waals surface area contributed by atoms with Crippen LogP contribution < -0.4 is 5.73 Å². The lowest BCUT2D eigenvalue weighted by molar-refractivity contribution is 0.171. The number of hydrogen-bond acceptors (Lipinski definition) is 3. The van der Waals surface area contributed by atoms with E-state index >= 15 is 0 Å². The van der Waals surface area contributed by atoms with Crippen molar-refractivity contribution in [1.29, 1.82) is 0 Å². The largest absolute Gasteiger partial charge is 0.375 e. The summed E-state index contributed by atoms with van der Waals surface area (Å²) in [6.07, 6.45) is 1.59. The Labute approximate surface area is 110 Å². The Bertz CT molecular complexity index is 365. The first-order chi connectivity index (χ1) is 8.58. The van der Waals surface area contributed by atoms with Gasteiger partial charge in [-0.15, -0.1) is 0 Å². The van der Waals surface area contributed by atoms with Gasteiger partial charge in [-0.3, -0.25) is 0 Å². The van der Waals surface area contributed by atoms with Crippen molar-refractivity contribution in [1.82, 2.24) is 4.90 Å². The van der Waals surface area contributed by atoms with E-state index in [0.717, 1.165) is 5.56 Å². The van der Waals surface area contributed by atoms with Crippen LogP contribution in [0.15, 0.2) is 24.3 Å². The third kappa shape index (κ3) is 3.10. The fourth-order valence-corrected chi connectivity index (χ4v) is 2.71. The molecule has 3 nitrogen and oxygen atoms in total. The number of aliphatic hydroxyl groups is 1. The lowest BCUT2D eigenvalue weighted by Crippen LogP contribution is -2.37. The lowest BCUT2D eigenvalue weighted by atomic mass is 9.88. The molecule has 1 saturated heterocycles. The van der Waals surface area contributed by atoms with Gasteiger partial charge in [-0.1, -0.05) is 24.3 Å². The summed E-state index contributed by atoms with van der Waals surface area (Å²) in [4.78, 5) is 2.54. The molecule has 1 heterocycles. The van der Waals surface area contributed by atoms with Gasteiger partial charge < -0.3 is 15.7 Å². The standard InChI is InChI=1S/C15H24N2O/c1-11(2)17-9-7-13(8-10-17)12-3-5-14(6-4-12)15(16)18/h3-6,11,13,15,18H,7-10,16H2,1-2H3. The van der Waals surface area contributed by atoms with Gasteiger partial charge in [0.05, 0.1) is 0 Å². The number of nitrogens with two attached hydrogens (primary N) is 1. The van der Waals surface area contributed by atoms with Crippen LogP contribution in [0.2, 0.25) is 0 Å². The zero-order chi connectivity index (χ0) is 13.1. The molecule has 2 rings (SSSR count). The van der Waals surface area contributed by atoms with Crippen molar-refractivity contribution in [2.24, 2.45) is 5.73 Å². The third-order valence-electron chi connectivity index (χ3n) is 4.01. The third-order valence-corrected chi connectivity index (χ3v) is 4.01. The average Bonchev–Trinajstić information content (AvgIpc) is 2.39. The Morgan fingerprint density at radius 1 is 1.17 bits per heavy atom. The van der Waals surface area contributed by atoms with Crippen LogP contribution in [0.3, 0.4) is 0 Å². The summed E-state index contributed by atoms with van der Waals surface area (Å²) in [7, 11) is 0. The van der Waals surface area contributed by atoms with E-state index in [4.69, 9.17) is 5.73 Å². The van der Waals surface area contributed by atoms with Gasteiger partial charge >= 0.3 is 0 Å². The minimum Gasteiger partial charge on any atom is -0.375 e. The Morgan fingerprint density at radius 2 is 1.72 bits per heavy atom. The summed E-state index contributed by atoms with van der Waals surface area (Å²) >= 11 is 0. The van der Waals surface area contributed by atoms with Crippen molar-refractivity contribution < 1.29 is 5.11 Å². The topological polar surface area (TPSA) is 49.5 Å². The quantitative estimate of drug-likeness (QED) is 0.806. The molecule has 3 heteroatoms. The van der Waals surface area contributed by atoms with Crippen molar-refractivity contribution in [2.75, 3.05) is 13.1 Å². The second-order valence-corrected chi connectivity index (χ2v) is 5.52. The molecule has 1 aromatic carbocycles. The van der Waals surface area contributed by atoms with Crippen molar-refractivity contribution in [2.45, 2.75) is 44.9 Å². The van der Waals surface area contributed by atoms with Crippen LogP contribution in [0.1, 0.15) is 50.0 Å². The maximum Gasteiger partial charge on any atom is 0.128 e. The molecule has 0 amide bonds. The highest BCUT2D eigenvalue weighted by Crippen LogP contribution is 2.29. The van der Waals surface area contributed by atoms with Crippen molar-refractivity contribution in [3.8, 4) is 0 Å². The Hall–Kier alpha value is -0.900. The number of piperidine rings is 1. The average molecular weight is 248 g/mol. The summed E-state index contributed by atoms with van der Waals surface area (Å²) in [5.41, 5.74) is 7.61. The molecule has 1 aromatic rings. The molecule has 1 fully saturated rings. The van der Waals surface area contributed by atoms with Gasteiger partial charge in [0.15, 0.2) is 0 Å². The van der Waals surface area contributed by atoms with Gasteiger partial charge in [0.2, 0.25) is 0 Å². The van der Waals surface area contributed by atoms with Gasteiger partial charge in [0, 0.05) is 6.04 Å². The summed E-state index contributed by atoms with van der Waals surface area (Å²) < 4.78 is 0. The molecule has 1 aliphatic rings. The van der Waals surface area contributed by atoms with Crippen molar-refractivity contribution >= 4 is 0 Å². The molecule has 0 saturated carbocycles. The lowest BCUT2D eigenvalue weighted by Gasteiger charge is -2.34. The van der Waals surface area contributed by atoms with Crippen LogP contribution in [-0.4, -0.2) is 29.1 Å². The smallest absolute Gasteiger partial charge is 0.128 e. The summed E-state index contributed by atoms with van der Waals surface area (Å²) in [6, 6.07) is 8.76. The van der Waals surface area contributed by atoms with Gasteiger partial charge in [0.25, 0.3) is 0 Å². The van der Waals surface area contributed by atoms with E-state index in [9.17, 15) is 5.11 Å². The normalized spacial score (nSPS) is 20.3. The summed E-state index contributed by atoms with van der Waals surface area (Å²) in [5.74, 6) is 0.656. The van der Waals surface area contributed by atoms with Crippen molar-refractivity contribution in [3.63, 3.8) is 0 Å². The van der Waals surface area contributed by atoms with Gasteiger partial charge in [-0.25, -0.2) is 0 Å². The number of hydrogen-bond donors (Lipinski definition) is 2. The highest BCUT2D eigenvalue weighted by Gasteiger charge is 2.21. The zero-order valence-corrected chi connectivity index (χ0v) is 11.3. The summed E-state index contributed by atoms with van der Waals surface area (Å²) in [6.45, 7) is 6.89. The van der Waals surface area contributed by atoms with E-state index in [0.29, 0.717) is 12.0 Å². The molecule has 0 aromatic heterocycles. The first kappa shape index (κ1) is 13.5. The summed E-state index contributed by atoms with van der Waals surface area (Å²) in [5, 5.41) is 9.29. The van der Waals surface area contributed by atoms with Crippen LogP contribution in [0.5, 0.6) is 0 Å². The maximum absolute atomic E-state index is 9.29. The first-order valence-corrected chi connectivity index (χ1v) is 6.85. The molecular formula is C15H24N2O. The molecule has 100 valence electrons. The number of aliphatic hydroxyl groups excluding tert-OH is 1. The van der Waals surface area contributed by atoms with Gasteiger partial charge in [-0.2, -0.15) is 0 Å². The van der Waals surface area contributed by atoms with E-state index in [1.807, 2.05) is 12.1 Å². The SMILES string of the molecule is CC(C)N1CCC(c2ccc(C(N)O)cc2)CC1. The molecule has 0 radical (unpaired) electrons. The van der Waals surface area contributed by atoms with Crippen molar-refractivity contribution in [3.05, 3.63) is 35.4 Å². The zero-order valence-electron chi connectivity index (χ0n) is 11.3. The molecule has 0 spiro atoms. The Balaban J connectivity index is 1.97. The number of nitrogens with zero attached hydrogens (tertiary/aromatic N) is 1. The fraction of sp³-hybridized carbons (Fsp3) is 0.600. The van der Waals surface area contributed by atoms with Crippen LogP contribution in [0.25, 0.3) is 0 Å². The highest BCUT2D eigenvalue weighted by atomic mass is 16.3. The van der Waals surface area contributed by atoms with Gasteiger partial charge in [0.1, 0.15) is 6.23 Å². The predicted octanol–water partition coefficient (Wildman–Crippen LogP) is 2.22. The molecule has 0 bridgehead atoms. The van der Waals surface area contributed by atoms with Crippen LogP contribution in [0.4, 0.5) is 0 Å². The molecular weight excluding hydrogens is 224 g/mol. The number of benzene rings is 1. The van der Waals surface area contributed by atoms with E-state index < -0.39 is 6.23 Å². The molecule has 1 aliphatic heterocycles. The molecule has 3 N–H and O–H groups in total. The van der Waals surface area contributed by atoms with E-state index in [-0.39, 0.29) is 0 Å². The molecule has 0 aliphatic carbocycles. The highest BCUT2D eigenvalue weighted by molar-refractivity contribution is 5.26. The molecule has 18 heavy (non-hydrogen) atoms. The number of rotatable bonds is 3. The van der Waals surface area contributed by atoms with Gasteiger partial charge in [-0.05, 0) is 56.8 Å². The second kappa shape index (κ2) is 5.83. The van der Waals surface area contributed by atoms with E-state index in [1.165, 1.54) is 31.5 Å². The first-order valence-electron chi connectivity index (χ1n) is 6.85. The monoisotopic (exact) mass is 248 g/mol. The maximum atomic E-state index is 9.29. The van der Waals surface area contributed by atoms with E-state index in [1.54, 1.807) is 0 Å². The fourth-order valence-electron chi connectivity index (χ4n) is 2.71. The van der Waals surface area contributed by atoms with Crippen LogP contribution in [0, 0.1) is 0 Å². The molecule has 1 atom stereocenters.